The zero-order valence-corrected chi connectivity index (χ0v) is 12.5. The zero-order chi connectivity index (χ0) is 13.0. The van der Waals surface area contributed by atoms with Crippen molar-refractivity contribution in [2.24, 2.45) is 0 Å². The van der Waals surface area contributed by atoms with Gasteiger partial charge in [-0.2, -0.15) is 0 Å². The average molecular weight is 314 g/mol. The molecule has 0 N–H and O–H groups in total. The van der Waals surface area contributed by atoms with Crippen LogP contribution in [0.5, 0.6) is 0 Å². The lowest BCUT2D eigenvalue weighted by Crippen LogP contribution is -2.35. The van der Waals surface area contributed by atoms with E-state index in [2.05, 4.69) is 27.8 Å². The maximum atomic E-state index is 14.2. The Morgan fingerprint density at radius 2 is 2.17 bits per heavy atom. The first kappa shape index (κ1) is 13.9. The second-order valence-corrected chi connectivity index (χ2v) is 5.58. The molecule has 1 heterocycles. The van der Waals surface area contributed by atoms with Gasteiger partial charge in [-0.25, -0.2) is 4.39 Å². The Morgan fingerprint density at radius 1 is 1.33 bits per heavy atom. The van der Waals surface area contributed by atoms with Gasteiger partial charge in [0, 0.05) is 17.9 Å². The smallest absolute Gasteiger partial charge is 0.146 e. The van der Waals surface area contributed by atoms with Gasteiger partial charge in [0.15, 0.2) is 0 Å². The van der Waals surface area contributed by atoms with Crippen LogP contribution in [0.25, 0.3) is 0 Å². The van der Waals surface area contributed by atoms with Gasteiger partial charge in [-0.15, -0.1) is 0 Å². The fourth-order valence-corrected chi connectivity index (χ4v) is 3.13. The average Bonchev–Trinajstić information content (AvgIpc) is 2.63. The van der Waals surface area contributed by atoms with E-state index in [1.807, 2.05) is 12.1 Å². The normalized spacial score (nSPS) is 20.8. The molecule has 0 amide bonds. The highest BCUT2D eigenvalue weighted by atomic mass is 79.9. The predicted molar refractivity (Wildman–Crippen MR) is 78.9 cm³/mol. The number of benzene rings is 1. The van der Waals surface area contributed by atoms with Crippen LogP contribution in [0, 0.1) is 5.82 Å². The third kappa shape index (κ3) is 3.05. The van der Waals surface area contributed by atoms with Gasteiger partial charge in [0.25, 0.3) is 0 Å². The van der Waals surface area contributed by atoms with Crippen molar-refractivity contribution in [1.29, 1.82) is 0 Å². The quantitative estimate of drug-likeness (QED) is 0.719. The third-order valence-corrected chi connectivity index (χ3v) is 4.47. The molecule has 1 aromatic carbocycles. The van der Waals surface area contributed by atoms with Crippen molar-refractivity contribution in [1.82, 2.24) is 0 Å². The van der Waals surface area contributed by atoms with Gasteiger partial charge >= 0.3 is 0 Å². The van der Waals surface area contributed by atoms with Crippen LogP contribution in [0.4, 0.5) is 10.1 Å². The van der Waals surface area contributed by atoms with Crippen LogP contribution >= 0.6 is 15.9 Å². The first-order valence-corrected chi connectivity index (χ1v) is 7.99. The van der Waals surface area contributed by atoms with Crippen molar-refractivity contribution >= 4 is 21.6 Å². The van der Waals surface area contributed by atoms with Gasteiger partial charge < -0.3 is 4.90 Å². The van der Waals surface area contributed by atoms with Gasteiger partial charge in [0.2, 0.25) is 0 Å². The highest BCUT2D eigenvalue weighted by molar-refractivity contribution is 9.08. The van der Waals surface area contributed by atoms with Crippen LogP contribution in [-0.2, 0) is 5.33 Å². The Labute approximate surface area is 118 Å². The molecular weight excluding hydrogens is 293 g/mol. The summed E-state index contributed by atoms with van der Waals surface area (Å²) in [4.78, 5) is 2.28. The lowest BCUT2D eigenvalue weighted by atomic mass is 10.1. The lowest BCUT2D eigenvalue weighted by molar-refractivity contribution is 0.539. The van der Waals surface area contributed by atoms with Crippen LogP contribution in [0.3, 0.4) is 0 Å². The monoisotopic (exact) mass is 313 g/mol. The molecule has 1 fully saturated rings. The predicted octanol–water partition coefficient (Wildman–Crippen LogP) is 4.88. The minimum atomic E-state index is -0.0766. The minimum absolute atomic E-state index is 0.0766. The summed E-state index contributed by atoms with van der Waals surface area (Å²) in [5, 5.41) is 0.710. The molecular formula is C15H21BrFN. The highest BCUT2D eigenvalue weighted by Crippen LogP contribution is 2.29. The van der Waals surface area contributed by atoms with Gasteiger partial charge in [-0.05, 0) is 37.0 Å². The number of halogens is 2. The van der Waals surface area contributed by atoms with Crippen molar-refractivity contribution in [2.45, 2.75) is 50.4 Å². The van der Waals surface area contributed by atoms with Gasteiger partial charge in [-0.3, -0.25) is 0 Å². The van der Waals surface area contributed by atoms with E-state index in [9.17, 15) is 4.39 Å². The summed E-state index contributed by atoms with van der Waals surface area (Å²) in [5.74, 6) is -0.0766. The Hall–Kier alpha value is -0.570. The number of hydrogen-bond donors (Lipinski definition) is 0. The Kier molecular flexibility index (Phi) is 5.04. The summed E-state index contributed by atoms with van der Waals surface area (Å²) in [6.07, 6.45) is 6.01. The minimum Gasteiger partial charge on any atom is -0.366 e. The summed E-state index contributed by atoms with van der Waals surface area (Å²) in [7, 11) is 0. The largest absolute Gasteiger partial charge is 0.366 e. The molecule has 0 aliphatic carbocycles. The zero-order valence-electron chi connectivity index (χ0n) is 11.0. The van der Waals surface area contributed by atoms with Crippen LogP contribution in [-0.4, -0.2) is 12.6 Å². The molecule has 1 unspecified atom stereocenters. The van der Waals surface area contributed by atoms with E-state index >= 15 is 0 Å². The summed E-state index contributed by atoms with van der Waals surface area (Å²) < 4.78 is 14.2. The first-order valence-electron chi connectivity index (χ1n) is 6.87. The number of alkyl halides is 1. The van der Waals surface area contributed by atoms with E-state index in [1.54, 1.807) is 6.07 Å². The lowest BCUT2D eigenvalue weighted by Gasteiger charge is -2.31. The topological polar surface area (TPSA) is 3.24 Å². The molecule has 3 heteroatoms. The van der Waals surface area contributed by atoms with E-state index in [0.29, 0.717) is 11.4 Å². The fourth-order valence-electron chi connectivity index (χ4n) is 2.79. The molecule has 0 aromatic heterocycles. The van der Waals surface area contributed by atoms with E-state index in [4.69, 9.17) is 0 Å². The number of nitrogens with zero attached hydrogens (tertiary/aromatic N) is 1. The summed E-state index contributed by atoms with van der Waals surface area (Å²) >= 11 is 3.37. The van der Waals surface area contributed by atoms with Crippen LogP contribution in [0.1, 0.15) is 44.6 Å². The molecule has 2 rings (SSSR count). The van der Waals surface area contributed by atoms with Crippen molar-refractivity contribution in [3.63, 3.8) is 0 Å². The van der Waals surface area contributed by atoms with Crippen molar-refractivity contribution in [3.05, 3.63) is 29.6 Å². The number of hydrogen-bond acceptors (Lipinski definition) is 1. The van der Waals surface area contributed by atoms with E-state index in [0.717, 1.165) is 24.2 Å². The van der Waals surface area contributed by atoms with Gasteiger partial charge in [-0.1, -0.05) is 41.8 Å². The van der Waals surface area contributed by atoms with E-state index in [-0.39, 0.29) is 5.82 Å². The molecule has 0 radical (unpaired) electrons. The molecule has 0 spiro atoms. The maximum absolute atomic E-state index is 14.2. The summed E-state index contributed by atoms with van der Waals surface area (Å²) in [6, 6.07) is 6.11. The summed E-state index contributed by atoms with van der Waals surface area (Å²) in [5.41, 5.74) is 1.78. The highest BCUT2D eigenvalue weighted by Gasteiger charge is 2.22. The Bertz CT molecular complexity index is 394. The molecule has 0 bridgehead atoms. The molecule has 1 saturated heterocycles. The molecule has 18 heavy (non-hydrogen) atoms. The standard InChI is InChI=1S/C15H21BrFN/c1-2-13-6-4-3-5-9-18(13)15-8-7-12(11-16)10-14(15)17/h7-8,10,13H,2-6,9,11H2,1H3. The maximum Gasteiger partial charge on any atom is 0.146 e. The molecule has 1 aliphatic heterocycles. The van der Waals surface area contributed by atoms with Crippen LogP contribution in [0.2, 0.25) is 0 Å². The molecule has 1 aliphatic rings. The molecule has 1 nitrogen and oxygen atoms in total. The first-order chi connectivity index (χ1) is 8.76. The summed E-state index contributed by atoms with van der Waals surface area (Å²) in [6.45, 7) is 3.19. The second-order valence-electron chi connectivity index (χ2n) is 5.02. The van der Waals surface area contributed by atoms with Crippen LogP contribution < -0.4 is 4.90 Å². The van der Waals surface area contributed by atoms with Crippen LogP contribution in [0.15, 0.2) is 18.2 Å². The van der Waals surface area contributed by atoms with Crippen molar-refractivity contribution in [2.75, 3.05) is 11.4 Å². The second kappa shape index (κ2) is 6.55. The molecule has 1 aromatic rings. The van der Waals surface area contributed by atoms with Gasteiger partial charge in [0.1, 0.15) is 5.82 Å². The SMILES string of the molecule is CCC1CCCCCN1c1ccc(CBr)cc1F. The fraction of sp³-hybridized carbons (Fsp3) is 0.600. The Morgan fingerprint density at radius 3 is 2.83 bits per heavy atom. The van der Waals surface area contributed by atoms with Crippen molar-refractivity contribution in [3.8, 4) is 0 Å². The number of rotatable bonds is 3. The Balaban J connectivity index is 2.27. The van der Waals surface area contributed by atoms with E-state index in [1.165, 1.54) is 25.7 Å². The molecule has 100 valence electrons. The third-order valence-electron chi connectivity index (χ3n) is 3.82. The van der Waals surface area contributed by atoms with E-state index < -0.39 is 0 Å². The van der Waals surface area contributed by atoms with Gasteiger partial charge in [0.05, 0.1) is 5.69 Å². The molecule has 0 saturated carbocycles. The van der Waals surface area contributed by atoms with Crippen molar-refractivity contribution < 1.29 is 4.39 Å². The molecule has 1 atom stereocenters. The number of anilines is 1.